The second kappa shape index (κ2) is 7.32. The minimum Gasteiger partial charge on any atom is -0.480 e. The molecule has 0 amide bonds. The van der Waals surface area contributed by atoms with Gasteiger partial charge in [-0.25, -0.2) is 22.0 Å². The average molecular weight is 418 g/mol. The van der Waals surface area contributed by atoms with E-state index in [2.05, 4.69) is 0 Å². The molecule has 2 aromatic rings. The highest BCUT2D eigenvalue weighted by Gasteiger charge is 2.32. The number of benzene rings is 2. The Morgan fingerprint density at radius 1 is 1.26 bits per heavy atom. The predicted octanol–water partition coefficient (Wildman–Crippen LogP) is 3.22. The molecule has 0 unspecified atom stereocenters. The van der Waals surface area contributed by atoms with Crippen LogP contribution in [0.5, 0.6) is 5.75 Å². The lowest BCUT2D eigenvalue weighted by molar-refractivity contribution is -0.139. The van der Waals surface area contributed by atoms with Crippen molar-refractivity contribution in [2.75, 3.05) is 17.5 Å². The molecule has 0 radical (unpaired) electrons. The molecule has 3 rings (SSSR count). The Morgan fingerprint density at radius 2 is 2.00 bits per heavy atom. The van der Waals surface area contributed by atoms with E-state index in [0.717, 1.165) is 16.4 Å². The van der Waals surface area contributed by atoms with Crippen LogP contribution in [0.2, 0.25) is 5.02 Å². The Kier molecular flexibility index (Phi) is 5.25. The van der Waals surface area contributed by atoms with Crippen molar-refractivity contribution in [3.05, 3.63) is 52.6 Å². The lowest BCUT2D eigenvalue weighted by Crippen LogP contribution is -2.36. The molecule has 2 aromatic carbocycles. The van der Waals surface area contributed by atoms with Crippen LogP contribution >= 0.6 is 11.6 Å². The van der Waals surface area contributed by atoms with Crippen molar-refractivity contribution in [2.24, 2.45) is 0 Å². The van der Waals surface area contributed by atoms with Crippen LogP contribution in [0.1, 0.15) is 12.0 Å². The molecule has 10 heteroatoms. The van der Waals surface area contributed by atoms with E-state index in [4.69, 9.17) is 21.4 Å². The summed E-state index contributed by atoms with van der Waals surface area (Å²) in [6, 6.07) is 5.28. The minimum atomic E-state index is -4.17. The molecule has 0 fully saturated rings. The number of hydrogen-bond donors (Lipinski definition) is 1. The SMILES string of the molecule is O=C(O)COc1ccc(S(=O)(=O)N2CCCc3cc(F)cc(F)c32)cc1Cl. The lowest BCUT2D eigenvalue weighted by atomic mass is 10.0. The Labute approximate surface area is 159 Å². The number of hydrogen-bond acceptors (Lipinski definition) is 4. The summed E-state index contributed by atoms with van der Waals surface area (Å²) in [6.07, 6.45) is 0.765. The fourth-order valence-electron chi connectivity index (χ4n) is 2.88. The molecule has 1 aliphatic rings. The molecule has 0 saturated heterocycles. The first-order chi connectivity index (χ1) is 12.7. The highest BCUT2D eigenvalue weighted by molar-refractivity contribution is 7.92. The van der Waals surface area contributed by atoms with Crippen molar-refractivity contribution >= 4 is 33.3 Å². The van der Waals surface area contributed by atoms with Crippen molar-refractivity contribution in [1.82, 2.24) is 0 Å². The molecule has 27 heavy (non-hydrogen) atoms. The number of rotatable bonds is 5. The van der Waals surface area contributed by atoms with E-state index in [1.54, 1.807) is 0 Å². The number of carboxylic acids is 1. The van der Waals surface area contributed by atoms with Crippen LogP contribution in [-0.4, -0.2) is 32.6 Å². The van der Waals surface area contributed by atoms with Crippen LogP contribution in [0.25, 0.3) is 0 Å². The van der Waals surface area contributed by atoms with E-state index in [1.165, 1.54) is 12.1 Å². The number of carboxylic acid groups (broad SMARTS) is 1. The Morgan fingerprint density at radius 3 is 2.67 bits per heavy atom. The van der Waals surface area contributed by atoms with Crippen LogP contribution in [0.3, 0.4) is 0 Å². The summed E-state index contributed by atoms with van der Waals surface area (Å²) >= 11 is 5.99. The zero-order valence-corrected chi connectivity index (χ0v) is 15.4. The summed E-state index contributed by atoms with van der Waals surface area (Å²) in [5.41, 5.74) is 0.0970. The first-order valence-corrected chi connectivity index (χ1v) is 9.67. The first kappa shape index (κ1) is 19.4. The molecule has 144 valence electrons. The second-order valence-electron chi connectivity index (χ2n) is 5.85. The zero-order valence-electron chi connectivity index (χ0n) is 13.8. The van der Waals surface area contributed by atoms with Crippen LogP contribution in [0.15, 0.2) is 35.2 Å². The van der Waals surface area contributed by atoms with Gasteiger partial charge in [-0.05, 0) is 42.7 Å². The summed E-state index contributed by atoms with van der Waals surface area (Å²) in [5, 5.41) is 8.52. The minimum absolute atomic E-state index is 0.00492. The van der Waals surface area contributed by atoms with Crippen LogP contribution < -0.4 is 9.04 Å². The average Bonchev–Trinajstić information content (AvgIpc) is 2.59. The number of carbonyl (C=O) groups is 1. The summed E-state index contributed by atoms with van der Waals surface area (Å²) < 4.78 is 59.6. The number of aliphatic carboxylic acids is 1. The molecule has 1 N–H and O–H groups in total. The quantitative estimate of drug-likeness (QED) is 0.807. The molecule has 0 aliphatic carbocycles. The largest absolute Gasteiger partial charge is 0.480 e. The van der Waals surface area contributed by atoms with Crippen molar-refractivity contribution in [2.45, 2.75) is 17.7 Å². The Balaban J connectivity index is 1.99. The van der Waals surface area contributed by atoms with Crippen LogP contribution in [-0.2, 0) is 21.2 Å². The smallest absolute Gasteiger partial charge is 0.341 e. The molecule has 0 aromatic heterocycles. The van der Waals surface area contributed by atoms with E-state index < -0.39 is 34.2 Å². The van der Waals surface area contributed by atoms with E-state index in [-0.39, 0.29) is 33.5 Å². The molecular weight excluding hydrogens is 404 g/mol. The maximum absolute atomic E-state index is 14.3. The van der Waals surface area contributed by atoms with Gasteiger partial charge < -0.3 is 9.84 Å². The van der Waals surface area contributed by atoms with Gasteiger partial charge in [0.2, 0.25) is 0 Å². The lowest BCUT2D eigenvalue weighted by Gasteiger charge is -2.31. The first-order valence-electron chi connectivity index (χ1n) is 7.85. The molecule has 1 heterocycles. The Bertz CT molecular complexity index is 1010. The number of sulfonamides is 1. The second-order valence-corrected chi connectivity index (χ2v) is 8.12. The van der Waals surface area contributed by atoms with Gasteiger partial charge in [0, 0.05) is 12.6 Å². The molecule has 6 nitrogen and oxygen atoms in total. The van der Waals surface area contributed by atoms with E-state index in [1.807, 2.05) is 0 Å². The highest BCUT2D eigenvalue weighted by atomic mass is 35.5. The van der Waals surface area contributed by atoms with Crippen molar-refractivity contribution in [3.63, 3.8) is 0 Å². The summed E-state index contributed by atoms with van der Waals surface area (Å²) in [7, 11) is -4.17. The van der Waals surface area contributed by atoms with E-state index in [9.17, 15) is 22.0 Å². The van der Waals surface area contributed by atoms with Gasteiger partial charge in [-0.15, -0.1) is 0 Å². The van der Waals surface area contributed by atoms with Gasteiger partial charge in [0.15, 0.2) is 12.4 Å². The van der Waals surface area contributed by atoms with E-state index in [0.29, 0.717) is 18.9 Å². The molecule has 0 atom stereocenters. The fourth-order valence-corrected chi connectivity index (χ4v) is 4.76. The van der Waals surface area contributed by atoms with Crippen molar-refractivity contribution < 1.29 is 31.8 Å². The van der Waals surface area contributed by atoms with Gasteiger partial charge in [0.1, 0.15) is 11.6 Å². The normalized spacial score (nSPS) is 14.0. The third-order valence-electron chi connectivity index (χ3n) is 4.01. The summed E-state index contributed by atoms with van der Waals surface area (Å²) in [6.45, 7) is -0.602. The number of aryl methyl sites for hydroxylation is 1. The number of ether oxygens (including phenoxy) is 1. The topological polar surface area (TPSA) is 83.9 Å². The third-order valence-corrected chi connectivity index (χ3v) is 6.10. The van der Waals surface area contributed by atoms with Crippen molar-refractivity contribution in [1.29, 1.82) is 0 Å². The van der Waals surface area contributed by atoms with Crippen LogP contribution in [0, 0.1) is 11.6 Å². The maximum atomic E-state index is 14.3. The highest BCUT2D eigenvalue weighted by Crippen LogP contribution is 2.36. The van der Waals surface area contributed by atoms with Gasteiger partial charge in [-0.2, -0.15) is 0 Å². The predicted molar refractivity (Wildman–Crippen MR) is 93.8 cm³/mol. The number of anilines is 1. The van der Waals surface area contributed by atoms with Gasteiger partial charge in [0.05, 0.1) is 15.6 Å². The number of halogens is 3. The molecule has 0 bridgehead atoms. The zero-order chi connectivity index (χ0) is 19.8. The van der Waals surface area contributed by atoms with Gasteiger partial charge in [0.25, 0.3) is 10.0 Å². The van der Waals surface area contributed by atoms with Gasteiger partial charge in [-0.3, -0.25) is 4.31 Å². The monoisotopic (exact) mass is 417 g/mol. The van der Waals surface area contributed by atoms with Crippen molar-refractivity contribution in [3.8, 4) is 5.75 Å². The number of fused-ring (bicyclic) bond motifs is 1. The van der Waals surface area contributed by atoms with Gasteiger partial charge >= 0.3 is 5.97 Å². The molecular formula is C17H14ClF2NO5S. The summed E-state index contributed by atoms with van der Waals surface area (Å²) in [4.78, 5) is 10.3. The van der Waals surface area contributed by atoms with Crippen LogP contribution in [0.4, 0.5) is 14.5 Å². The Hall–Kier alpha value is -2.39. The summed E-state index contributed by atoms with van der Waals surface area (Å²) in [5.74, 6) is -2.94. The molecule has 0 spiro atoms. The van der Waals surface area contributed by atoms with E-state index >= 15 is 0 Å². The number of nitrogens with zero attached hydrogens (tertiary/aromatic N) is 1. The third kappa shape index (κ3) is 3.84. The molecule has 0 saturated carbocycles. The fraction of sp³-hybridized carbons (Fsp3) is 0.235. The molecule has 1 aliphatic heterocycles. The standard InChI is InChI=1S/C17H14ClF2NO5S/c18-13-8-12(3-4-15(13)26-9-16(22)23)27(24,25)21-5-1-2-10-6-11(19)7-14(20)17(10)21/h3-4,6-8H,1-2,5,9H2,(H,22,23). The van der Waals surface area contributed by atoms with Gasteiger partial charge in [-0.1, -0.05) is 11.6 Å². The maximum Gasteiger partial charge on any atom is 0.341 e.